The highest BCUT2D eigenvalue weighted by Gasteiger charge is 2.25. The molecule has 1 aromatic rings. The van der Waals surface area contributed by atoms with E-state index in [0.717, 1.165) is 26.1 Å². The molecule has 1 saturated heterocycles. The highest BCUT2D eigenvalue weighted by atomic mass is 16.5. The Morgan fingerprint density at radius 2 is 1.85 bits per heavy atom. The Kier molecular flexibility index (Phi) is 5.44. The highest BCUT2D eigenvalue weighted by molar-refractivity contribution is 5.55. The molecule has 2 rings (SSSR count). The quantitative estimate of drug-likeness (QED) is 0.892. The van der Waals surface area contributed by atoms with Gasteiger partial charge in [0.1, 0.15) is 0 Å². The van der Waals surface area contributed by atoms with E-state index in [1.54, 1.807) is 0 Å². The summed E-state index contributed by atoms with van der Waals surface area (Å²) in [7, 11) is 0. The van der Waals surface area contributed by atoms with Crippen molar-refractivity contribution in [3.8, 4) is 0 Å². The van der Waals surface area contributed by atoms with Crippen molar-refractivity contribution in [1.29, 1.82) is 0 Å². The molecule has 0 bridgehead atoms. The molecular formula is C17H28N2O. The first-order valence-electron chi connectivity index (χ1n) is 7.88. The van der Waals surface area contributed by atoms with Crippen LogP contribution in [0.3, 0.4) is 0 Å². The number of hydrogen-bond donors (Lipinski definition) is 1. The molecule has 0 saturated carbocycles. The molecule has 0 spiro atoms. The summed E-state index contributed by atoms with van der Waals surface area (Å²) in [5.74, 6) is 0. The third-order valence-corrected chi connectivity index (χ3v) is 3.93. The number of nitrogens with zero attached hydrogens (tertiary/aromatic N) is 1. The van der Waals surface area contributed by atoms with Crippen LogP contribution in [0.4, 0.5) is 5.69 Å². The van der Waals surface area contributed by atoms with E-state index in [2.05, 4.69) is 62.2 Å². The molecule has 3 heteroatoms. The van der Waals surface area contributed by atoms with Crippen LogP contribution in [0.25, 0.3) is 0 Å². The van der Waals surface area contributed by atoms with Gasteiger partial charge < -0.3 is 15.0 Å². The summed E-state index contributed by atoms with van der Waals surface area (Å²) in [6.07, 6.45) is 1.71. The van der Waals surface area contributed by atoms with Gasteiger partial charge in [-0.2, -0.15) is 0 Å². The smallest absolute Gasteiger partial charge is 0.0726 e. The molecule has 3 atom stereocenters. The standard InChI is InChI=1S/C17H28N2O/c1-5-16(18-6-2)15-9-7-8-10-17(15)19-11-13(3)20-14(4)12-19/h7-10,13-14,16,18H,5-6,11-12H2,1-4H3. The number of nitrogens with one attached hydrogen (secondary N) is 1. The van der Waals surface area contributed by atoms with Crippen LogP contribution < -0.4 is 10.2 Å². The first-order chi connectivity index (χ1) is 9.65. The maximum absolute atomic E-state index is 5.85. The first-order valence-corrected chi connectivity index (χ1v) is 7.88. The van der Waals surface area contributed by atoms with Crippen LogP contribution in [-0.4, -0.2) is 31.8 Å². The van der Waals surface area contributed by atoms with Crippen molar-refractivity contribution in [1.82, 2.24) is 5.32 Å². The molecule has 1 heterocycles. The summed E-state index contributed by atoms with van der Waals surface area (Å²) in [5.41, 5.74) is 2.78. The van der Waals surface area contributed by atoms with Gasteiger partial charge in [0.2, 0.25) is 0 Å². The number of benzene rings is 1. The Bertz CT molecular complexity index is 411. The molecule has 0 aromatic heterocycles. The lowest BCUT2D eigenvalue weighted by Crippen LogP contribution is -2.46. The predicted molar refractivity (Wildman–Crippen MR) is 85.4 cm³/mol. The lowest BCUT2D eigenvalue weighted by atomic mass is 10.0. The molecule has 20 heavy (non-hydrogen) atoms. The Morgan fingerprint density at radius 1 is 1.20 bits per heavy atom. The van der Waals surface area contributed by atoms with Gasteiger partial charge in [0.05, 0.1) is 12.2 Å². The minimum Gasteiger partial charge on any atom is -0.372 e. The second kappa shape index (κ2) is 7.09. The lowest BCUT2D eigenvalue weighted by molar-refractivity contribution is -0.00528. The minimum absolute atomic E-state index is 0.297. The largest absolute Gasteiger partial charge is 0.372 e. The molecule has 0 amide bonds. The zero-order valence-corrected chi connectivity index (χ0v) is 13.2. The van der Waals surface area contributed by atoms with Crippen LogP contribution in [0.2, 0.25) is 0 Å². The van der Waals surface area contributed by atoms with Crippen molar-refractivity contribution in [2.75, 3.05) is 24.5 Å². The van der Waals surface area contributed by atoms with E-state index < -0.39 is 0 Å². The maximum atomic E-state index is 5.85. The van der Waals surface area contributed by atoms with Gasteiger partial charge in [-0.05, 0) is 38.4 Å². The van der Waals surface area contributed by atoms with Crippen molar-refractivity contribution >= 4 is 5.69 Å². The number of morpholine rings is 1. The third-order valence-electron chi connectivity index (χ3n) is 3.93. The summed E-state index contributed by atoms with van der Waals surface area (Å²) in [6, 6.07) is 9.23. The second-order valence-electron chi connectivity index (χ2n) is 5.74. The van der Waals surface area contributed by atoms with Crippen molar-refractivity contribution < 1.29 is 4.74 Å². The van der Waals surface area contributed by atoms with Crippen molar-refractivity contribution in [2.45, 2.75) is 52.4 Å². The van der Waals surface area contributed by atoms with Gasteiger partial charge in [0, 0.05) is 24.8 Å². The van der Waals surface area contributed by atoms with E-state index in [4.69, 9.17) is 4.74 Å². The van der Waals surface area contributed by atoms with Gasteiger partial charge in [-0.1, -0.05) is 32.0 Å². The molecule has 1 fully saturated rings. The van der Waals surface area contributed by atoms with Crippen LogP contribution in [0.5, 0.6) is 0 Å². The lowest BCUT2D eigenvalue weighted by Gasteiger charge is -2.38. The molecule has 3 unspecified atom stereocenters. The molecule has 1 aliphatic rings. The summed E-state index contributed by atoms with van der Waals surface area (Å²) in [6.45, 7) is 11.7. The van der Waals surface area contributed by atoms with E-state index in [9.17, 15) is 0 Å². The van der Waals surface area contributed by atoms with E-state index in [1.165, 1.54) is 11.3 Å². The van der Waals surface area contributed by atoms with Crippen molar-refractivity contribution in [3.05, 3.63) is 29.8 Å². The topological polar surface area (TPSA) is 24.5 Å². The SMILES string of the molecule is CCNC(CC)c1ccccc1N1CC(C)OC(C)C1. The zero-order chi connectivity index (χ0) is 14.5. The highest BCUT2D eigenvalue weighted by Crippen LogP contribution is 2.30. The van der Waals surface area contributed by atoms with E-state index in [-0.39, 0.29) is 0 Å². The van der Waals surface area contributed by atoms with Crippen LogP contribution >= 0.6 is 0 Å². The first kappa shape index (κ1) is 15.3. The second-order valence-corrected chi connectivity index (χ2v) is 5.74. The number of para-hydroxylation sites is 1. The summed E-state index contributed by atoms with van der Waals surface area (Å²) in [5, 5.41) is 3.59. The molecule has 0 radical (unpaired) electrons. The van der Waals surface area contributed by atoms with Gasteiger partial charge in [0.25, 0.3) is 0 Å². The molecule has 1 N–H and O–H groups in total. The molecule has 1 aliphatic heterocycles. The predicted octanol–water partition coefficient (Wildman–Crippen LogP) is 3.36. The van der Waals surface area contributed by atoms with Crippen molar-refractivity contribution in [2.24, 2.45) is 0 Å². The minimum atomic E-state index is 0.297. The molecule has 112 valence electrons. The Hall–Kier alpha value is -1.06. The van der Waals surface area contributed by atoms with Crippen LogP contribution in [-0.2, 0) is 4.74 Å². The normalized spacial score (nSPS) is 24.7. The van der Waals surface area contributed by atoms with Gasteiger partial charge in [-0.15, -0.1) is 0 Å². The van der Waals surface area contributed by atoms with E-state index >= 15 is 0 Å². The summed E-state index contributed by atoms with van der Waals surface area (Å²) < 4.78 is 5.85. The Labute approximate surface area is 123 Å². The van der Waals surface area contributed by atoms with Gasteiger partial charge in [0.15, 0.2) is 0 Å². The van der Waals surface area contributed by atoms with Gasteiger partial charge >= 0.3 is 0 Å². The fourth-order valence-corrected chi connectivity index (χ4v) is 3.17. The monoisotopic (exact) mass is 276 g/mol. The average Bonchev–Trinajstić information content (AvgIpc) is 2.44. The molecule has 3 nitrogen and oxygen atoms in total. The maximum Gasteiger partial charge on any atom is 0.0726 e. The van der Waals surface area contributed by atoms with Crippen LogP contribution in [0.1, 0.15) is 45.7 Å². The number of rotatable bonds is 5. The van der Waals surface area contributed by atoms with Gasteiger partial charge in [-0.3, -0.25) is 0 Å². The summed E-state index contributed by atoms with van der Waals surface area (Å²) in [4.78, 5) is 2.48. The van der Waals surface area contributed by atoms with E-state index in [0.29, 0.717) is 18.2 Å². The number of hydrogen-bond acceptors (Lipinski definition) is 3. The number of anilines is 1. The zero-order valence-electron chi connectivity index (χ0n) is 13.2. The van der Waals surface area contributed by atoms with Gasteiger partial charge in [-0.25, -0.2) is 0 Å². The van der Waals surface area contributed by atoms with Crippen molar-refractivity contribution in [3.63, 3.8) is 0 Å². The summed E-state index contributed by atoms with van der Waals surface area (Å²) >= 11 is 0. The van der Waals surface area contributed by atoms with Crippen LogP contribution in [0, 0.1) is 0 Å². The third kappa shape index (κ3) is 3.53. The fraction of sp³-hybridized carbons (Fsp3) is 0.647. The Balaban J connectivity index is 2.26. The number of ether oxygens (including phenoxy) is 1. The Morgan fingerprint density at radius 3 is 2.45 bits per heavy atom. The fourth-order valence-electron chi connectivity index (χ4n) is 3.17. The molecular weight excluding hydrogens is 248 g/mol. The molecule has 1 aromatic carbocycles. The van der Waals surface area contributed by atoms with E-state index in [1.807, 2.05) is 0 Å². The molecule has 0 aliphatic carbocycles. The van der Waals surface area contributed by atoms with Crippen LogP contribution in [0.15, 0.2) is 24.3 Å². The average molecular weight is 276 g/mol.